The van der Waals surface area contributed by atoms with Crippen molar-refractivity contribution >= 4 is 29.5 Å². The molecule has 6 rings (SSSR count). The summed E-state index contributed by atoms with van der Waals surface area (Å²) in [5, 5.41) is 11.3. The zero-order valence-electron chi connectivity index (χ0n) is 32.0. The molecule has 2 fully saturated rings. The molecule has 12 nitrogen and oxygen atoms in total. The van der Waals surface area contributed by atoms with E-state index >= 15 is 4.39 Å². The number of piperidine rings is 1. The van der Waals surface area contributed by atoms with Gasteiger partial charge in [0, 0.05) is 36.6 Å². The summed E-state index contributed by atoms with van der Waals surface area (Å²) in [5.41, 5.74) is -2.01. The van der Waals surface area contributed by atoms with Crippen LogP contribution >= 0.6 is 0 Å². The monoisotopic (exact) mass is 806 g/mol. The Balaban J connectivity index is 0.891. The van der Waals surface area contributed by atoms with Gasteiger partial charge in [-0.25, -0.2) is 4.39 Å². The molecule has 3 aromatic rings. The van der Waals surface area contributed by atoms with Crippen LogP contribution in [-0.4, -0.2) is 71.2 Å². The Morgan fingerprint density at radius 3 is 2.24 bits per heavy atom. The number of nitrogens with zero attached hydrogens (tertiary/aromatic N) is 3. The molecule has 2 unspecified atom stereocenters. The molecular weight excluding hydrogens is 764 g/mol. The number of fused-ring (bicyclic) bond motifs is 1. The summed E-state index contributed by atoms with van der Waals surface area (Å²) >= 11 is 0. The number of nitriles is 1. The van der Waals surface area contributed by atoms with Crippen LogP contribution < -0.4 is 19.5 Å². The number of carbonyl (C=O) groups excluding carboxylic acids is 5. The number of unbranched alkanes of at least 4 members (excludes halogenated alkanes) is 5. The van der Waals surface area contributed by atoms with Gasteiger partial charge in [-0.15, -0.1) is 0 Å². The highest BCUT2D eigenvalue weighted by Gasteiger charge is 2.49. The van der Waals surface area contributed by atoms with Crippen LogP contribution in [0.1, 0.15) is 103 Å². The topological polar surface area (TPSA) is 155 Å². The van der Waals surface area contributed by atoms with E-state index in [9.17, 15) is 37.1 Å². The van der Waals surface area contributed by atoms with Crippen molar-refractivity contribution in [2.24, 2.45) is 5.41 Å². The van der Waals surface area contributed by atoms with Crippen LogP contribution in [0.5, 0.6) is 17.2 Å². The smallest absolute Gasteiger partial charge is 0.417 e. The lowest BCUT2D eigenvalue weighted by Crippen LogP contribution is -2.54. The molecule has 5 amide bonds. The highest BCUT2D eigenvalue weighted by atomic mass is 19.4. The number of imide groups is 2. The Hall–Kier alpha value is -5.98. The van der Waals surface area contributed by atoms with Crippen LogP contribution in [0.2, 0.25) is 0 Å². The minimum atomic E-state index is -4.78. The number of ether oxygens (including phenoxy) is 3. The molecule has 3 heterocycles. The molecule has 58 heavy (non-hydrogen) atoms. The van der Waals surface area contributed by atoms with Crippen molar-refractivity contribution in [2.45, 2.75) is 90.1 Å². The fourth-order valence-corrected chi connectivity index (χ4v) is 7.40. The molecule has 2 saturated heterocycles. The van der Waals surface area contributed by atoms with Crippen LogP contribution in [0.3, 0.4) is 0 Å². The molecule has 0 saturated carbocycles. The zero-order valence-corrected chi connectivity index (χ0v) is 32.0. The van der Waals surface area contributed by atoms with Crippen molar-refractivity contribution in [3.63, 3.8) is 0 Å². The van der Waals surface area contributed by atoms with Gasteiger partial charge in [-0.3, -0.25) is 34.2 Å². The van der Waals surface area contributed by atoms with Gasteiger partial charge in [-0.05, 0) is 55.7 Å². The van der Waals surface area contributed by atoms with E-state index in [2.05, 4.69) is 5.32 Å². The molecule has 0 aliphatic carbocycles. The van der Waals surface area contributed by atoms with Gasteiger partial charge in [-0.1, -0.05) is 51.7 Å². The third kappa shape index (κ3) is 9.09. The molecule has 0 radical (unpaired) electrons. The molecular formula is C42H42F4N4O8. The summed E-state index contributed by atoms with van der Waals surface area (Å²) in [7, 11) is 0. The van der Waals surface area contributed by atoms with Crippen LogP contribution in [-0.2, 0) is 27.1 Å². The maximum absolute atomic E-state index is 15.2. The van der Waals surface area contributed by atoms with Gasteiger partial charge in [0.1, 0.15) is 29.1 Å². The lowest BCUT2D eigenvalue weighted by Gasteiger charge is -2.27. The van der Waals surface area contributed by atoms with Gasteiger partial charge in [0.2, 0.25) is 11.8 Å². The van der Waals surface area contributed by atoms with Crippen molar-refractivity contribution in [1.82, 2.24) is 15.1 Å². The van der Waals surface area contributed by atoms with Crippen molar-refractivity contribution in [3.05, 3.63) is 88.2 Å². The highest BCUT2D eigenvalue weighted by molar-refractivity contribution is 6.24. The highest BCUT2D eigenvalue weighted by Crippen LogP contribution is 2.39. The SMILES string of the molecule is CC1(C)CN(Cc2ccc(OCCCCCCCCOc3cccc4c3C(=O)N(C3CCC(=O)NC3=O)C4=O)cc2F)C(=O)C1Oc1ccc(C#N)c(C(F)(F)F)c1. The first kappa shape index (κ1) is 41.6. The number of nitrogens with one attached hydrogen (secondary N) is 1. The van der Waals surface area contributed by atoms with E-state index in [4.69, 9.17) is 19.5 Å². The number of likely N-dealkylation sites (tertiary alicyclic amines) is 1. The number of benzene rings is 3. The van der Waals surface area contributed by atoms with Gasteiger partial charge in [0.25, 0.3) is 17.7 Å². The molecule has 3 aliphatic heterocycles. The number of carbonyl (C=O) groups is 5. The van der Waals surface area contributed by atoms with Crippen LogP contribution in [0.15, 0.2) is 54.6 Å². The first-order valence-corrected chi connectivity index (χ1v) is 19.0. The fraction of sp³-hybridized carbons (Fsp3) is 0.429. The summed E-state index contributed by atoms with van der Waals surface area (Å²) in [4.78, 5) is 65.8. The molecule has 0 bridgehead atoms. The lowest BCUT2D eigenvalue weighted by molar-refractivity contribution is -0.138. The largest absolute Gasteiger partial charge is 0.493 e. The Labute approximate surface area is 332 Å². The normalized spacial score (nSPS) is 18.9. The van der Waals surface area contributed by atoms with Gasteiger partial charge >= 0.3 is 6.18 Å². The first-order chi connectivity index (χ1) is 27.6. The number of hydrogen-bond donors (Lipinski definition) is 1. The Morgan fingerprint density at radius 1 is 0.879 bits per heavy atom. The average molecular weight is 807 g/mol. The van der Waals surface area contributed by atoms with Crippen LogP contribution in [0, 0.1) is 22.6 Å². The van der Waals surface area contributed by atoms with E-state index in [0.717, 1.165) is 43.1 Å². The Bertz CT molecular complexity index is 2150. The number of halogens is 4. The maximum atomic E-state index is 15.2. The number of amides is 5. The van der Waals surface area contributed by atoms with Crippen molar-refractivity contribution in [1.29, 1.82) is 5.26 Å². The maximum Gasteiger partial charge on any atom is 0.417 e. The number of hydrogen-bond acceptors (Lipinski definition) is 9. The summed E-state index contributed by atoms with van der Waals surface area (Å²) in [5.74, 6) is -2.98. The molecule has 16 heteroatoms. The van der Waals surface area contributed by atoms with Crippen molar-refractivity contribution < 1.29 is 55.7 Å². The van der Waals surface area contributed by atoms with E-state index in [1.165, 1.54) is 35.2 Å². The average Bonchev–Trinajstić information content (AvgIpc) is 3.55. The molecule has 1 N–H and O–H groups in total. The van der Waals surface area contributed by atoms with E-state index in [-0.39, 0.29) is 54.1 Å². The van der Waals surface area contributed by atoms with E-state index < -0.39 is 70.2 Å². The predicted octanol–water partition coefficient (Wildman–Crippen LogP) is 6.73. The third-order valence-corrected chi connectivity index (χ3v) is 10.4. The molecule has 2 atom stereocenters. The number of rotatable bonds is 16. The van der Waals surface area contributed by atoms with Gasteiger partial charge < -0.3 is 19.1 Å². The standard InChI is InChI=1S/C42H42F4N4O8/c1-41(2)24-49(40(55)36(41)58-28-15-12-25(22-47)30(20-28)42(44,45)46)23-26-13-14-27(21-31(26)43)56-18-7-5-3-4-6-8-19-57-33-11-9-10-29-35(33)39(54)50(38(29)53)32-16-17-34(51)48-37(32)52/h9-15,20-21,32,36H,3-8,16-19,23-24H2,1-2H3,(H,48,51,52). The molecule has 306 valence electrons. The van der Waals surface area contributed by atoms with Crippen molar-refractivity contribution in [3.8, 4) is 23.3 Å². The Morgan fingerprint density at radius 2 is 1.57 bits per heavy atom. The van der Waals surface area contributed by atoms with Gasteiger partial charge in [0.15, 0.2) is 6.10 Å². The number of alkyl halides is 3. The second kappa shape index (κ2) is 17.3. The minimum Gasteiger partial charge on any atom is -0.493 e. The summed E-state index contributed by atoms with van der Waals surface area (Å²) in [6.45, 7) is 4.26. The predicted molar refractivity (Wildman–Crippen MR) is 198 cm³/mol. The van der Waals surface area contributed by atoms with Crippen LogP contribution in [0.4, 0.5) is 17.6 Å². The van der Waals surface area contributed by atoms with Gasteiger partial charge in [0.05, 0.1) is 41.5 Å². The lowest BCUT2D eigenvalue weighted by atomic mass is 9.89. The van der Waals surface area contributed by atoms with E-state index in [1.807, 2.05) is 0 Å². The van der Waals surface area contributed by atoms with Crippen LogP contribution in [0.25, 0.3) is 0 Å². The quantitative estimate of drug-likeness (QED) is 0.0943. The molecule has 0 spiro atoms. The van der Waals surface area contributed by atoms with Crippen molar-refractivity contribution in [2.75, 3.05) is 19.8 Å². The molecule has 0 aromatic heterocycles. The minimum absolute atomic E-state index is 0.0356. The summed E-state index contributed by atoms with van der Waals surface area (Å²) in [6.07, 6.45) is -0.796. The fourth-order valence-electron chi connectivity index (χ4n) is 7.40. The Kier molecular flexibility index (Phi) is 12.4. The molecule has 3 aromatic carbocycles. The van der Waals surface area contributed by atoms with E-state index in [1.54, 1.807) is 32.0 Å². The summed E-state index contributed by atoms with van der Waals surface area (Å²) in [6, 6.07) is 12.5. The second-order valence-electron chi connectivity index (χ2n) is 15.2. The third-order valence-electron chi connectivity index (χ3n) is 10.4. The summed E-state index contributed by atoms with van der Waals surface area (Å²) < 4.78 is 73.0. The van der Waals surface area contributed by atoms with Gasteiger partial charge in [-0.2, -0.15) is 18.4 Å². The molecule has 3 aliphatic rings. The van der Waals surface area contributed by atoms with E-state index in [0.29, 0.717) is 31.5 Å². The second-order valence-corrected chi connectivity index (χ2v) is 15.2. The first-order valence-electron chi connectivity index (χ1n) is 19.0. The zero-order chi connectivity index (χ0) is 41.8.